The zero-order chi connectivity index (χ0) is 17.5. The van der Waals surface area contributed by atoms with Gasteiger partial charge in [0.15, 0.2) is 11.5 Å². The Hall–Kier alpha value is -2.24. The molecule has 0 atom stereocenters. The molecule has 0 N–H and O–H groups in total. The molecule has 1 heterocycles. The predicted molar refractivity (Wildman–Crippen MR) is 88.7 cm³/mol. The molecule has 0 aromatic heterocycles. The van der Waals surface area contributed by atoms with E-state index in [4.69, 9.17) is 14.2 Å². The van der Waals surface area contributed by atoms with E-state index in [0.29, 0.717) is 37.6 Å². The lowest BCUT2D eigenvalue weighted by molar-refractivity contribution is -0.144. The van der Waals surface area contributed by atoms with Gasteiger partial charge in [-0.2, -0.15) is 0 Å². The number of carbonyl (C=O) groups excluding carboxylic acids is 2. The fourth-order valence-corrected chi connectivity index (χ4v) is 2.49. The van der Waals surface area contributed by atoms with Crippen LogP contribution >= 0.6 is 0 Å². The van der Waals surface area contributed by atoms with Gasteiger partial charge in [0.1, 0.15) is 0 Å². The molecule has 6 heteroatoms. The number of benzene rings is 1. The first-order chi connectivity index (χ1) is 11.5. The summed E-state index contributed by atoms with van der Waals surface area (Å²) in [5.41, 5.74) is 0.945. The first-order valence-corrected chi connectivity index (χ1v) is 8.31. The van der Waals surface area contributed by atoms with Gasteiger partial charge in [0, 0.05) is 19.5 Å². The second-order valence-electron chi connectivity index (χ2n) is 6.16. The molecule has 24 heavy (non-hydrogen) atoms. The lowest BCUT2D eigenvalue weighted by Crippen LogP contribution is -2.33. The maximum atomic E-state index is 12.5. The first-order valence-electron chi connectivity index (χ1n) is 8.31. The largest absolute Gasteiger partial charge is 0.466 e. The molecule has 0 saturated heterocycles. The van der Waals surface area contributed by atoms with Gasteiger partial charge in [0.25, 0.3) is 0 Å². The molecule has 0 unspecified atom stereocenters. The minimum Gasteiger partial charge on any atom is -0.466 e. The second-order valence-corrected chi connectivity index (χ2v) is 6.16. The summed E-state index contributed by atoms with van der Waals surface area (Å²) in [6, 6.07) is 5.63. The number of nitrogens with zero attached hydrogens (tertiary/aromatic N) is 1. The predicted octanol–water partition coefficient (Wildman–Crippen LogP) is 2.74. The van der Waals surface area contributed by atoms with Crippen LogP contribution in [0, 0.1) is 5.92 Å². The summed E-state index contributed by atoms with van der Waals surface area (Å²) < 4.78 is 15.6. The van der Waals surface area contributed by atoms with E-state index in [1.165, 1.54) is 0 Å². The van der Waals surface area contributed by atoms with Crippen molar-refractivity contribution in [3.8, 4) is 11.5 Å². The summed E-state index contributed by atoms with van der Waals surface area (Å²) in [4.78, 5) is 25.8. The Labute approximate surface area is 142 Å². The number of fused-ring (bicyclic) bond motifs is 1. The summed E-state index contributed by atoms with van der Waals surface area (Å²) in [7, 11) is 0. The molecule has 0 spiro atoms. The standard InChI is InChI=1S/C18H25NO5/c1-4-22-18(21)7-8-19(17(20)9-13(2)3)11-14-5-6-15-16(10-14)24-12-23-15/h5-6,10,13H,4,7-9,11-12H2,1-3H3. The number of hydrogen-bond donors (Lipinski definition) is 0. The smallest absolute Gasteiger partial charge is 0.307 e. The molecule has 0 fully saturated rings. The van der Waals surface area contributed by atoms with Gasteiger partial charge < -0.3 is 19.1 Å². The molecular weight excluding hydrogens is 310 g/mol. The van der Waals surface area contributed by atoms with E-state index in [1.54, 1.807) is 11.8 Å². The molecule has 1 aromatic carbocycles. The van der Waals surface area contributed by atoms with Crippen LogP contribution in [0.15, 0.2) is 18.2 Å². The van der Waals surface area contributed by atoms with Gasteiger partial charge in [-0.3, -0.25) is 9.59 Å². The fourth-order valence-electron chi connectivity index (χ4n) is 2.49. The van der Waals surface area contributed by atoms with Crippen LogP contribution in [-0.4, -0.2) is 36.7 Å². The van der Waals surface area contributed by atoms with Gasteiger partial charge in [-0.15, -0.1) is 0 Å². The molecule has 132 valence electrons. The van der Waals surface area contributed by atoms with E-state index in [0.717, 1.165) is 5.56 Å². The minimum atomic E-state index is -0.287. The highest BCUT2D eigenvalue weighted by Crippen LogP contribution is 2.32. The lowest BCUT2D eigenvalue weighted by Gasteiger charge is -2.23. The molecule has 0 bridgehead atoms. The van der Waals surface area contributed by atoms with Crippen molar-refractivity contribution < 1.29 is 23.8 Å². The molecule has 0 saturated carbocycles. The van der Waals surface area contributed by atoms with Crippen LogP contribution in [0.3, 0.4) is 0 Å². The zero-order valence-electron chi connectivity index (χ0n) is 14.5. The van der Waals surface area contributed by atoms with Gasteiger partial charge in [0.05, 0.1) is 13.0 Å². The Balaban J connectivity index is 2.03. The number of rotatable bonds is 8. The second kappa shape index (κ2) is 8.57. The first kappa shape index (κ1) is 18.1. The van der Waals surface area contributed by atoms with Crippen molar-refractivity contribution in [1.82, 2.24) is 4.90 Å². The van der Waals surface area contributed by atoms with E-state index in [1.807, 2.05) is 32.0 Å². The molecule has 1 aliphatic rings. The molecule has 0 aliphatic carbocycles. The van der Waals surface area contributed by atoms with Crippen LogP contribution in [-0.2, 0) is 20.9 Å². The molecular formula is C18H25NO5. The number of amides is 1. The number of hydrogen-bond acceptors (Lipinski definition) is 5. The van der Waals surface area contributed by atoms with E-state index in [9.17, 15) is 9.59 Å². The van der Waals surface area contributed by atoms with Crippen LogP contribution in [0.2, 0.25) is 0 Å². The monoisotopic (exact) mass is 335 g/mol. The van der Waals surface area contributed by atoms with E-state index in [-0.39, 0.29) is 31.0 Å². The zero-order valence-corrected chi connectivity index (χ0v) is 14.5. The lowest BCUT2D eigenvalue weighted by atomic mass is 10.1. The van der Waals surface area contributed by atoms with Crippen molar-refractivity contribution in [1.29, 1.82) is 0 Å². The topological polar surface area (TPSA) is 65.1 Å². The highest BCUT2D eigenvalue weighted by Gasteiger charge is 2.19. The van der Waals surface area contributed by atoms with Crippen molar-refractivity contribution in [2.24, 2.45) is 5.92 Å². The maximum absolute atomic E-state index is 12.5. The quantitative estimate of drug-likeness (QED) is 0.684. The van der Waals surface area contributed by atoms with Crippen molar-refractivity contribution in [3.63, 3.8) is 0 Å². The van der Waals surface area contributed by atoms with Crippen molar-refractivity contribution in [2.75, 3.05) is 19.9 Å². The third-order valence-corrected chi connectivity index (χ3v) is 3.64. The van der Waals surface area contributed by atoms with E-state index >= 15 is 0 Å². The van der Waals surface area contributed by atoms with Crippen molar-refractivity contribution >= 4 is 11.9 Å². The molecule has 1 aliphatic heterocycles. The van der Waals surface area contributed by atoms with Crippen LogP contribution in [0.4, 0.5) is 0 Å². The summed E-state index contributed by atoms with van der Waals surface area (Å²) in [6.07, 6.45) is 0.648. The van der Waals surface area contributed by atoms with E-state index < -0.39 is 0 Å². The fraction of sp³-hybridized carbons (Fsp3) is 0.556. The van der Waals surface area contributed by atoms with E-state index in [2.05, 4.69) is 0 Å². The van der Waals surface area contributed by atoms with Gasteiger partial charge in [-0.1, -0.05) is 19.9 Å². The average Bonchev–Trinajstić information content (AvgIpc) is 2.98. The summed E-state index contributed by atoms with van der Waals surface area (Å²) in [5.74, 6) is 1.41. The van der Waals surface area contributed by atoms with Gasteiger partial charge in [-0.25, -0.2) is 0 Å². The normalized spacial score (nSPS) is 12.3. The molecule has 1 aromatic rings. The Morgan fingerprint density at radius 2 is 2.00 bits per heavy atom. The molecule has 1 amide bonds. The van der Waals surface area contributed by atoms with Crippen molar-refractivity contribution in [3.05, 3.63) is 23.8 Å². The Bertz CT molecular complexity index is 585. The average molecular weight is 335 g/mol. The summed E-state index contributed by atoms with van der Waals surface area (Å²) >= 11 is 0. The highest BCUT2D eigenvalue weighted by atomic mass is 16.7. The third-order valence-electron chi connectivity index (χ3n) is 3.64. The summed E-state index contributed by atoms with van der Waals surface area (Å²) in [5, 5.41) is 0. The van der Waals surface area contributed by atoms with Crippen LogP contribution in [0.1, 0.15) is 39.2 Å². The number of carbonyl (C=O) groups is 2. The van der Waals surface area contributed by atoms with Gasteiger partial charge in [-0.05, 0) is 30.5 Å². The maximum Gasteiger partial charge on any atom is 0.307 e. The number of esters is 1. The van der Waals surface area contributed by atoms with Crippen LogP contribution in [0.5, 0.6) is 11.5 Å². The molecule has 6 nitrogen and oxygen atoms in total. The van der Waals surface area contributed by atoms with Gasteiger partial charge in [0.2, 0.25) is 12.7 Å². The molecule has 0 radical (unpaired) electrons. The Morgan fingerprint density at radius 3 is 2.71 bits per heavy atom. The highest BCUT2D eigenvalue weighted by molar-refractivity contribution is 5.77. The summed E-state index contributed by atoms with van der Waals surface area (Å²) in [6.45, 7) is 7.12. The Kier molecular flexibility index (Phi) is 6.46. The SMILES string of the molecule is CCOC(=O)CCN(Cc1ccc2c(c1)OCO2)C(=O)CC(C)C. The number of ether oxygens (including phenoxy) is 3. The van der Waals surface area contributed by atoms with Gasteiger partial charge >= 0.3 is 5.97 Å². The minimum absolute atomic E-state index is 0.0342. The molecule has 2 rings (SSSR count). The van der Waals surface area contributed by atoms with Crippen molar-refractivity contribution in [2.45, 2.75) is 40.2 Å². The van der Waals surface area contributed by atoms with Crippen LogP contribution < -0.4 is 9.47 Å². The third kappa shape index (κ3) is 5.15. The Morgan fingerprint density at radius 1 is 1.25 bits per heavy atom. The van der Waals surface area contributed by atoms with Crippen LogP contribution in [0.25, 0.3) is 0 Å².